The molecule has 1 aliphatic heterocycles. The van der Waals surface area contributed by atoms with Crippen molar-refractivity contribution >= 4 is 39.9 Å². The fraction of sp³-hybridized carbons (Fsp3) is 0.333. The summed E-state index contributed by atoms with van der Waals surface area (Å²) in [7, 11) is -0.940. The van der Waals surface area contributed by atoms with Crippen LogP contribution in [0.1, 0.15) is 27.7 Å². The molecule has 0 saturated carbocycles. The Bertz CT molecular complexity index is 973. The summed E-state index contributed by atoms with van der Waals surface area (Å²) in [6.07, 6.45) is 0. The first-order valence-corrected chi connectivity index (χ1v) is 9.43. The Hall–Kier alpha value is -2.44. The lowest BCUT2D eigenvalue weighted by molar-refractivity contribution is -0.385. The predicted octanol–water partition coefficient (Wildman–Crippen LogP) is 4.53. The van der Waals surface area contributed by atoms with Crippen molar-refractivity contribution in [2.75, 3.05) is 0 Å². The molecule has 0 bridgehead atoms. The zero-order valence-electron chi connectivity index (χ0n) is 16.5. The van der Waals surface area contributed by atoms with Crippen LogP contribution in [0.5, 0.6) is 0 Å². The summed E-state index contributed by atoms with van der Waals surface area (Å²) in [4.78, 5) is 19.7. The van der Waals surface area contributed by atoms with Crippen molar-refractivity contribution in [3.63, 3.8) is 0 Å². The molecule has 1 heterocycles. The summed E-state index contributed by atoms with van der Waals surface area (Å²) in [6, 6.07) is 6.59. The van der Waals surface area contributed by atoms with E-state index in [4.69, 9.17) is 9.31 Å². The molecule has 1 aliphatic rings. The van der Waals surface area contributed by atoms with Crippen molar-refractivity contribution in [2.24, 2.45) is 0 Å². The molecule has 3 rings (SSSR count). The van der Waals surface area contributed by atoms with Crippen molar-refractivity contribution in [3.05, 3.63) is 72.7 Å². The molecule has 30 heavy (non-hydrogen) atoms. The fourth-order valence-corrected chi connectivity index (χ4v) is 2.76. The molecule has 160 valence electrons. The molecule has 0 aromatic heterocycles. The van der Waals surface area contributed by atoms with E-state index in [-0.39, 0.29) is 21.3 Å². The van der Waals surface area contributed by atoms with Gasteiger partial charge in [0.05, 0.1) is 25.5 Å². The minimum absolute atomic E-state index is 0.0489. The van der Waals surface area contributed by atoms with E-state index in [1.54, 1.807) is 0 Å². The van der Waals surface area contributed by atoms with Gasteiger partial charge in [-0.25, -0.2) is 8.78 Å². The molecule has 0 unspecified atom stereocenters. The van der Waals surface area contributed by atoms with Crippen LogP contribution in [0.3, 0.4) is 0 Å². The molecule has 2 aromatic rings. The third kappa shape index (κ3) is 5.18. The first-order valence-electron chi connectivity index (χ1n) is 8.64. The Labute approximate surface area is 179 Å². The summed E-state index contributed by atoms with van der Waals surface area (Å²) >= 11 is 2.83. The lowest BCUT2D eigenvalue weighted by Gasteiger charge is -2.32. The summed E-state index contributed by atoms with van der Waals surface area (Å²) in [5, 5.41) is 20.9. The van der Waals surface area contributed by atoms with E-state index >= 15 is 0 Å². The predicted molar refractivity (Wildman–Crippen MR) is 110 cm³/mol. The van der Waals surface area contributed by atoms with E-state index in [9.17, 15) is 29.0 Å². The Morgan fingerprint density at radius 3 is 1.73 bits per heavy atom. The maximum Gasteiger partial charge on any atom is 0.498 e. The number of hydrogen-bond acceptors (Lipinski definition) is 6. The smallest absolute Gasteiger partial charge is 0.399 e. The lowest BCUT2D eigenvalue weighted by atomic mass is 9.78. The third-order valence-electron chi connectivity index (χ3n) is 4.81. The van der Waals surface area contributed by atoms with Crippen LogP contribution in [-0.4, -0.2) is 28.2 Å². The van der Waals surface area contributed by atoms with Crippen molar-refractivity contribution in [1.29, 1.82) is 0 Å². The molecule has 12 heteroatoms. The minimum Gasteiger partial charge on any atom is -0.399 e. The highest BCUT2D eigenvalue weighted by Gasteiger charge is 2.52. The van der Waals surface area contributed by atoms with Gasteiger partial charge >= 0.3 is 7.12 Å². The van der Waals surface area contributed by atoms with Crippen LogP contribution >= 0.6 is 15.9 Å². The molecule has 0 N–H and O–H groups in total. The van der Waals surface area contributed by atoms with Gasteiger partial charge in [-0.2, -0.15) is 0 Å². The summed E-state index contributed by atoms with van der Waals surface area (Å²) in [5.41, 5.74) is -1.50. The van der Waals surface area contributed by atoms with Gasteiger partial charge < -0.3 is 9.31 Å². The summed E-state index contributed by atoms with van der Waals surface area (Å²) in [5.74, 6) is -1.08. The molecule has 0 radical (unpaired) electrons. The van der Waals surface area contributed by atoms with Gasteiger partial charge in [0.15, 0.2) is 0 Å². The molecule has 1 fully saturated rings. The number of halogens is 3. The molecule has 8 nitrogen and oxygen atoms in total. The molecule has 0 aliphatic carbocycles. The van der Waals surface area contributed by atoms with Gasteiger partial charge in [-0.1, -0.05) is 0 Å². The Balaban J connectivity index is 0.000000248. The highest BCUT2D eigenvalue weighted by Crippen LogP contribution is 2.36. The zero-order valence-corrected chi connectivity index (χ0v) is 18.1. The maximum atomic E-state index is 13.8. The van der Waals surface area contributed by atoms with Gasteiger partial charge in [0, 0.05) is 29.7 Å². The molecule has 2 aromatic carbocycles. The number of benzene rings is 2. The van der Waals surface area contributed by atoms with E-state index in [0.29, 0.717) is 0 Å². The Kier molecular flexibility index (Phi) is 6.95. The summed E-state index contributed by atoms with van der Waals surface area (Å²) in [6.45, 7) is 7.34. The SMILES string of the molecule is CC1(C)OB(c2cc([N+](=O)[O-])ccc2F)OC1(C)C.O=[N+]([O-])c1ccc(F)c(Br)c1. The van der Waals surface area contributed by atoms with Crippen molar-refractivity contribution in [3.8, 4) is 0 Å². The van der Waals surface area contributed by atoms with Crippen LogP contribution < -0.4 is 5.46 Å². The van der Waals surface area contributed by atoms with E-state index in [2.05, 4.69) is 15.9 Å². The van der Waals surface area contributed by atoms with E-state index < -0.39 is 39.8 Å². The second-order valence-corrected chi connectivity index (χ2v) is 8.26. The largest absolute Gasteiger partial charge is 0.498 e. The first-order chi connectivity index (χ1) is 13.7. The molecular weight excluding hydrogens is 469 g/mol. The monoisotopic (exact) mass is 486 g/mol. The van der Waals surface area contributed by atoms with Gasteiger partial charge in [-0.3, -0.25) is 20.2 Å². The number of nitro groups is 2. The Morgan fingerprint density at radius 2 is 1.30 bits per heavy atom. The number of nitro benzene ring substituents is 2. The highest BCUT2D eigenvalue weighted by molar-refractivity contribution is 9.10. The summed E-state index contributed by atoms with van der Waals surface area (Å²) < 4.78 is 37.8. The minimum atomic E-state index is -0.940. The number of rotatable bonds is 3. The topological polar surface area (TPSA) is 105 Å². The van der Waals surface area contributed by atoms with Gasteiger partial charge in [0.25, 0.3) is 11.4 Å². The second kappa shape index (κ2) is 8.74. The Morgan fingerprint density at radius 1 is 0.867 bits per heavy atom. The van der Waals surface area contributed by atoms with Crippen LogP contribution in [-0.2, 0) is 9.31 Å². The molecule has 0 spiro atoms. The number of hydrogen-bond donors (Lipinski definition) is 0. The van der Waals surface area contributed by atoms with Gasteiger partial charge in [0.1, 0.15) is 11.6 Å². The maximum absolute atomic E-state index is 13.8. The standard InChI is InChI=1S/C12H15BFNO4.C6H3BrFNO2/c1-11(2)12(3,4)19-13(18-11)9-7-8(15(16)17)5-6-10(9)14;7-5-3-4(9(10)11)1-2-6(5)8/h5-7H,1-4H3;1-3H. The van der Waals surface area contributed by atoms with Crippen LogP contribution in [0.4, 0.5) is 20.2 Å². The second-order valence-electron chi connectivity index (χ2n) is 7.41. The first kappa shape index (κ1) is 23.8. The fourth-order valence-electron chi connectivity index (χ4n) is 2.39. The van der Waals surface area contributed by atoms with E-state index in [0.717, 1.165) is 36.4 Å². The normalized spacial score (nSPS) is 16.6. The van der Waals surface area contributed by atoms with Crippen LogP contribution in [0, 0.1) is 31.9 Å². The zero-order chi connectivity index (χ0) is 22.9. The van der Waals surface area contributed by atoms with E-state index in [1.807, 2.05) is 27.7 Å². The quantitative estimate of drug-likeness (QED) is 0.358. The van der Waals surface area contributed by atoms with Gasteiger partial charge in [0.2, 0.25) is 0 Å². The molecular formula is C18H18BBrF2N2O6. The highest BCUT2D eigenvalue weighted by atomic mass is 79.9. The third-order valence-corrected chi connectivity index (χ3v) is 5.42. The molecule has 0 amide bonds. The number of nitrogens with zero attached hydrogens (tertiary/aromatic N) is 2. The van der Waals surface area contributed by atoms with Gasteiger partial charge in [-0.15, -0.1) is 0 Å². The van der Waals surface area contributed by atoms with Crippen molar-refractivity contribution < 1.29 is 27.9 Å². The lowest BCUT2D eigenvalue weighted by Crippen LogP contribution is -2.41. The molecule has 1 saturated heterocycles. The number of non-ortho nitro benzene ring substituents is 2. The van der Waals surface area contributed by atoms with Crippen LogP contribution in [0.2, 0.25) is 0 Å². The van der Waals surface area contributed by atoms with Crippen molar-refractivity contribution in [1.82, 2.24) is 0 Å². The van der Waals surface area contributed by atoms with Crippen LogP contribution in [0.15, 0.2) is 40.9 Å². The average Bonchev–Trinajstić information content (AvgIpc) is 2.85. The average molecular weight is 487 g/mol. The van der Waals surface area contributed by atoms with Crippen molar-refractivity contribution in [2.45, 2.75) is 38.9 Å². The molecule has 0 atom stereocenters. The van der Waals surface area contributed by atoms with E-state index in [1.165, 1.54) is 0 Å². The van der Waals surface area contributed by atoms with Crippen LogP contribution in [0.25, 0.3) is 0 Å². The van der Waals surface area contributed by atoms with Gasteiger partial charge in [-0.05, 0) is 55.8 Å².